The summed E-state index contributed by atoms with van der Waals surface area (Å²) in [5, 5.41) is 0. The highest BCUT2D eigenvalue weighted by atomic mass is 16.5. The minimum Gasteiger partial charge on any atom is -0.497 e. The number of likely N-dealkylation sites (tertiary alicyclic amines) is 1. The number of ether oxygens (including phenoxy) is 1. The minimum absolute atomic E-state index is 0.0747. The van der Waals surface area contributed by atoms with Gasteiger partial charge in [0.1, 0.15) is 5.75 Å². The maximum Gasteiger partial charge on any atom is 0.252 e. The van der Waals surface area contributed by atoms with Gasteiger partial charge in [-0.3, -0.25) is 14.7 Å². The predicted molar refractivity (Wildman–Crippen MR) is 99.4 cm³/mol. The molecule has 25 heavy (non-hydrogen) atoms. The molecule has 0 amide bonds. The van der Waals surface area contributed by atoms with Gasteiger partial charge in [-0.15, -0.1) is 0 Å². The quantitative estimate of drug-likeness (QED) is 0.903. The lowest BCUT2D eigenvalue weighted by atomic mass is 9.93. The lowest BCUT2D eigenvalue weighted by Crippen LogP contribution is -2.33. The van der Waals surface area contributed by atoms with Gasteiger partial charge in [-0.05, 0) is 43.6 Å². The second-order valence-electron chi connectivity index (χ2n) is 6.79. The number of benzene rings is 1. The number of rotatable bonds is 5. The van der Waals surface area contributed by atoms with Gasteiger partial charge in [0.15, 0.2) is 0 Å². The number of nitrogens with one attached hydrogen (secondary N) is 1. The molecule has 1 fully saturated rings. The molecule has 6 nitrogen and oxygen atoms in total. The molecule has 0 unspecified atom stereocenters. The van der Waals surface area contributed by atoms with Crippen LogP contribution in [0.4, 0.5) is 5.95 Å². The molecule has 0 aliphatic carbocycles. The van der Waals surface area contributed by atoms with E-state index in [1.807, 2.05) is 31.1 Å². The van der Waals surface area contributed by atoms with Crippen LogP contribution in [0.25, 0.3) is 0 Å². The number of hydrogen-bond donors (Lipinski definition) is 1. The van der Waals surface area contributed by atoms with Crippen LogP contribution in [0.3, 0.4) is 0 Å². The smallest absolute Gasteiger partial charge is 0.252 e. The van der Waals surface area contributed by atoms with Gasteiger partial charge in [0, 0.05) is 32.6 Å². The molecule has 134 valence electrons. The van der Waals surface area contributed by atoms with Crippen molar-refractivity contribution in [3.63, 3.8) is 0 Å². The number of methoxy groups -OCH3 is 1. The standard InChI is InChI=1S/C19H26N4O2/c1-22(2)19-20-17(12-18(24)21-19)15-8-10-23(11-9-15)13-14-4-6-16(25-3)7-5-14/h4-7,12,15H,8-11,13H2,1-3H3,(H,20,21,24). The molecule has 1 aromatic heterocycles. The summed E-state index contributed by atoms with van der Waals surface area (Å²) in [7, 11) is 5.46. The van der Waals surface area contributed by atoms with Gasteiger partial charge in [0.05, 0.1) is 12.8 Å². The zero-order valence-corrected chi connectivity index (χ0v) is 15.2. The van der Waals surface area contributed by atoms with Crippen LogP contribution in [-0.2, 0) is 6.54 Å². The van der Waals surface area contributed by atoms with Crippen molar-refractivity contribution in [2.45, 2.75) is 25.3 Å². The van der Waals surface area contributed by atoms with Gasteiger partial charge in [-0.2, -0.15) is 0 Å². The van der Waals surface area contributed by atoms with E-state index in [0.29, 0.717) is 11.9 Å². The third-order valence-electron chi connectivity index (χ3n) is 4.74. The summed E-state index contributed by atoms with van der Waals surface area (Å²) in [4.78, 5) is 23.6. The molecular formula is C19H26N4O2. The fraction of sp³-hybridized carbons (Fsp3) is 0.474. The van der Waals surface area contributed by atoms with E-state index in [9.17, 15) is 4.79 Å². The number of hydrogen-bond acceptors (Lipinski definition) is 5. The molecule has 0 saturated carbocycles. The Morgan fingerprint density at radius 3 is 2.52 bits per heavy atom. The van der Waals surface area contributed by atoms with Gasteiger partial charge in [0.2, 0.25) is 5.95 Å². The van der Waals surface area contributed by atoms with Crippen LogP contribution in [0.15, 0.2) is 35.1 Å². The molecule has 2 heterocycles. The van der Waals surface area contributed by atoms with E-state index in [4.69, 9.17) is 4.74 Å². The third-order valence-corrected chi connectivity index (χ3v) is 4.74. The molecule has 1 N–H and O–H groups in total. The first kappa shape index (κ1) is 17.5. The number of aromatic nitrogens is 2. The van der Waals surface area contributed by atoms with Gasteiger partial charge in [-0.25, -0.2) is 4.98 Å². The molecule has 2 aromatic rings. The highest BCUT2D eigenvalue weighted by Gasteiger charge is 2.22. The van der Waals surface area contributed by atoms with E-state index < -0.39 is 0 Å². The summed E-state index contributed by atoms with van der Waals surface area (Å²) < 4.78 is 5.21. The van der Waals surface area contributed by atoms with Gasteiger partial charge in [0.25, 0.3) is 5.56 Å². The lowest BCUT2D eigenvalue weighted by molar-refractivity contribution is 0.203. The average Bonchev–Trinajstić information content (AvgIpc) is 2.62. The second kappa shape index (κ2) is 7.70. The van der Waals surface area contributed by atoms with Crippen molar-refractivity contribution < 1.29 is 4.74 Å². The van der Waals surface area contributed by atoms with E-state index >= 15 is 0 Å². The van der Waals surface area contributed by atoms with Crippen molar-refractivity contribution in [2.24, 2.45) is 0 Å². The Balaban J connectivity index is 1.60. The number of nitrogens with zero attached hydrogens (tertiary/aromatic N) is 3. The Morgan fingerprint density at radius 2 is 1.92 bits per heavy atom. The minimum atomic E-state index is -0.0747. The summed E-state index contributed by atoms with van der Waals surface area (Å²) in [5.41, 5.74) is 2.13. The first-order valence-corrected chi connectivity index (χ1v) is 8.69. The molecular weight excluding hydrogens is 316 g/mol. The van der Waals surface area contributed by atoms with Crippen LogP contribution in [0.1, 0.15) is 30.0 Å². The van der Waals surface area contributed by atoms with Gasteiger partial charge < -0.3 is 9.64 Å². The van der Waals surface area contributed by atoms with E-state index in [0.717, 1.165) is 43.9 Å². The fourth-order valence-electron chi connectivity index (χ4n) is 3.26. The Morgan fingerprint density at radius 1 is 1.24 bits per heavy atom. The largest absolute Gasteiger partial charge is 0.497 e. The Kier molecular flexibility index (Phi) is 5.38. The topological polar surface area (TPSA) is 61.5 Å². The summed E-state index contributed by atoms with van der Waals surface area (Å²) in [6.45, 7) is 2.98. The number of H-pyrrole nitrogens is 1. The lowest BCUT2D eigenvalue weighted by Gasteiger charge is -2.31. The summed E-state index contributed by atoms with van der Waals surface area (Å²) in [5.74, 6) is 1.87. The third kappa shape index (κ3) is 4.39. The Labute approximate surface area is 148 Å². The summed E-state index contributed by atoms with van der Waals surface area (Å²) in [6.07, 6.45) is 2.05. The van der Waals surface area contributed by atoms with Gasteiger partial charge in [-0.1, -0.05) is 12.1 Å². The van der Waals surface area contributed by atoms with Crippen LogP contribution < -0.4 is 15.2 Å². The Hall–Kier alpha value is -2.34. The monoisotopic (exact) mass is 342 g/mol. The number of aromatic amines is 1. The van der Waals surface area contributed by atoms with E-state index in [-0.39, 0.29) is 5.56 Å². The van der Waals surface area contributed by atoms with Crippen molar-refractivity contribution in [3.05, 3.63) is 51.9 Å². The molecule has 3 rings (SSSR count). The van der Waals surface area contributed by atoms with Crippen molar-refractivity contribution in [1.82, 2.24) is 14.9 Å². The van der Waals surface area contributed by atoms with Crippen LogP contribution in [0.5, 0.6) is 5.75 Å². The van der Waals surface area contributed by atoms with E-state index in [1.54, 1.807) is 13.2 Å². The molecule has 1 saturated heterocycles. The van der Waals surface area contributed by atoms with E-state index in [1.165, 1.54) is 5.56 Å². The first-order valence-electron chi connectivity index (χ1n) is 8.69. The predicted octanol–water partition coefficient (Wildman–Crippen LogP) is 2.22. The maximum atomic E-state index is 11.9. The fourth-order valence-corrected chi connectivity index (χ4v) is 3.26. The number of anilines is 1. The van der Waals surface area contributed by atoms with Crippen LogP contribution in [0.2, 0.25) is 0 Å². The summed E-state index contributed by atoms with van der Waals surface area (Å²) in [6, 6.07) is 9.89. The molecule has 0 spiro atoms. The SMILES string of the molecule is COc1ccc(CN2CCC(c3cc(=O)[nH]c(N(C)C)n3)CC2)cc1. The normalized spacial score (nSPS) is 16.0. The first-order chi connectivity index (χ1) is 12.0. The zero-order chi connectivity index (χ0) is 17.8. The molecule has 1 aliphatic heterocycles. The highest BCUT2D eigenvalue weighted by Crippen LogP contribution is 2.27. The van der Waals surface area contributed by atoms with E-state index in [2.05, 4.69) is 27.0 Å². The summed E-state index contributed by atoms with van der Waals surface area (Å²) >= 11 is 0. The molecule has 1 aromatic carbocycles. The maximum absolute atomic E-state index is 11.9. The molecule has 1 aliphatic rings. The van der Waals surface area contributed by atoms with Gasteiger partial charge >= 0.3 is 0 Å². The van der Waals surface area contributed by atoms with Crippen LogP contribution >= 0.6 is 0 Å². The Bertz CT molecular complexity index is 747. The molecule has 0 radical (unpaired) electrons. The average molecular weight is 342 g/mol. The van der Waals surface area contributed by atoms with Crippen molar-refractivity contribution in [2.75, 3.05) is 39.2 Å². The zero-order valence-electron chi connectivity index (χ0n) is 15.2. The number of piperidine rings is 1. The van der Waals surface area contributed by atoms with Crippen LogP contribution in [0, 0.1) is 0 Å². The second-order valence-corrected chi connectivity index (χ2v) is 6.79. The molecule has 6 heteroatoms. The molecule has 0 bridgehead atoms. The van der Waals surface area contributed by atoms with Crippen LogP contribution in [-0.4, -0.2) is 49.2 Å². The molecule has 0 atom stereocenters. The van der Waals surface area contributed by atoms with Crippen molar-refractivity contribution in [1.29, 1.82) is 0 Å². The van der Waals surface area contributed by atoms with Crippen molar-refractivity contribution in [3.8, 4) is 5.75 Å². The van der Waals surface area contributed by atoms with Crippen molar-refractivity contribution >= 4 is 5.95 Å². The highest BCUT2D eigenvalue weighted by molar-refractivity contribution is 5.29.